The Morgan fingerprint density at radius 2 is 1.81 bits per heavy atom. The Bertz CT molecular complexity index is 1050. The van der Waals surface area contributed by atoms with E-state index in [9.17, 15) is 17.2 Å². The van der Waals surface area contributed by atoms with Crippen molar-refractivity contribution in [2.24, 2.45) is 0 Å². The van der Waals surface area contributed by atoms with Gasteiger partial charge in [-0.05, 0) is 36.8 Å². The molecular weight excluding hydrogens is 384 g/mol. The molecule has 1 aromatic heterocycles. The summed E-state index contributed by atoms with van der Waals surface area (Å²) < 4.78 is 55.2. The molecule has 1 heterocycles. The van der Waals surface area contributed by atoms with E-state index in [0.717, 1.165) is 17.7 Å². The summed E-state index contributed by atoms with van der Waals surface area (Å²) in [6, 6.07) is 10.9. The van der Waals surface area contributed by atoms with Gasteiger partial charge in [-0.1, -0.05) is 23.7 Å². The van der Waals surface area contributed by atoms with Crippen LogP contribution in [0, 0.1) is 18.6 Å². The van der Waals surface area contributed by atoms with Crippen LogP contribution in [0.25, 0.3) is 0 Å². The standard InChI is InChI=1S/C17H14ClF2N3O2S/c1-11-8-17(21-23(11)10-12-2-4-13(18)5-3-12)22-26(24,25)16-7-6-14(19)9-15(16)20/h2-9H,10H2,1H3,(H,21,22). The molecule has 0 atom stereocenters. The Morgan fingerprint density at radius 3 is 2.46 bits per heavy atom. The second-order valence-electron chi connectivity index (χ2n) is 5.64. The highest BCUT2D eigenvalue weighted by atomic mass is 35.5. The number of benzene rings is 2. The van der Waals surface area contributed by atoms with E-state index in [2.05, 4.69) is 9.82 Å². The van der Waals surface area contributed by atoms with E-state index in [0.29, 0.717) is 23.3 Å². The number of anilines is 1. The van der Waals surface area contributed by atoms with Gasteiger partial charge in [0.2, 0.25) is 0 Å². The van der Waals surface area contributed by atoms with E-state index in [1.54, 1.807) is 23.7 Å². The number of halogens is 3. The second kappa shape index (κ2) is 7.05. The topological polar surface area (TPSA) is 64.0 Å². The van der Waals surface area contributed by atoms with Gasteiger partial charge in [-0.15, -0.1) is 0 Å². The van der Waals surface area contributed by atoms with E-state index < -0.39 is 26.6 Å². The first-order valence-electron chi connectivity index (χ1n) is 7.51. The Kier molecular flexibility index (Phi) is 4.97. The Labute approximate surface area is 154 Å². The van der Waals surface area contributed by atoms with Crippen LogP contribution in [0.15, 0.2) is 53.4 Å². The average molecular weight is 398 g/mol. The molecule has 0 fully saturated rings. The van der Waals surface area contributed by atoms with Crippen LogP contribution in [0.5, 0.6) is 0 Å². The van der Waals surface area contributed by atoms with Crippen LogP contribution in [0.1, 0.15) is 11.3 Å². The third-order valence-corrected chi connectivity index (χ3v) is 5.29. The van der Waals surface area contributed by atoms with Crippen LogP contribution in [0.3, 0.4) is 0 Å². The Hall–Kier alpha value is -2.45. The lowest BCUT2D eigenvalue weighted by Crippen LogP contribution is -2.15. The fraction of sp³-hybridized carbons (Fsp3) is 0.118. The summed E-state index contributed by atoms with van der Waals surface area (Å²) in [6.07, 6.45) is 0. The number of aryl methyl sites for hydroxylation is 1. The monoisotopic (exact) mass is 397 g/mol. The van der Waals surface area contributed by atoms with Crippen molar-refractivity contribution in [2.45, 2.75) is 18.4 Å². The second-order valence-corrected chi connectivity index (χ2v) is 7.72. The minimum Gasteiger partial charge on any atom is -0.263 e. The van der Waals surface area contributed by atoms with Crippen molar-refractivity contribution >= 4 is 27.4 Å². The molecule has 5 nitrogen and oxygen atoms in total. The van der Waals surface area contributed by atoms with Crippen molar-refractivity contribution in [1.82, 2.24) is 9.78 Å². The number of sulfonamides is 1. The van der Waals surface area contributed by atoms with Crippen LogP contribution in [0.4, 0.5) is 14.6 Å². The van der Waals surface area contributed by atoms with Gasteiger partial charge in [0.1, 0.15) is 16.5 Å². The van der Waals surface area contributed by atoms with E-state index in [-0.39, 0.29) is 5.82 Å². The first-order valence-corrected chi connectivity index (χ1v) is 9.37. The fourth-order valence-corrected chi connectivity index (χ4v) is 3.54. The predicted octanol–water partition coefficient (Wildman–Crippen LogP) is 3.97. The molecular formula is C17H14ClF2N3O2S. The van der Waals surface area contributed by atoms with Crippen LogP contribution < -0.4 is 4.72 Å². The van der Waals surface area contributed by atoms with Crippen molar-refractivity contribution < 1.29 is 17.2 Å². The van der Waals surface area contributed by atoms with Crippen molar-refractivity contribution in [3.05, 3.63) is 76.4 Å². The van der Waals surface area contributed by atoms with Gasteiger partial charge in [0, 0.05) is 22.8 Å². The molecule has 0 radical (unpaired) electrons. The molecule has 0 spiro atoms. The summed E-state index contributed by atoms with van der Waals surface area (Å²) in [5.41, 5.74) is 1.64. The zero-order valence-corrected chi connectivity index (χ0v) is 15.2. The number of hydrogen-bond donors (Lipinski definition) is 1. The maximum Gasteiger partial charge on any atom is 0.266 e. The SMILES string of the molecule is Cc1cc(NS(=O)(=O)c2ccc(F)cc2F)nn1Cc1ccc(Cl)cc1. The van der Waals surface area contributed by atoms with E-state index >= 15 is 0 Å². The van der Waals surface area contributed by atoms with Gasteiger partial charge in [0.05, 0.1) is 6.54 Å². The molecule has 0 aliphatic heterocycles. The number of hydrogen-bond acceptors (Lipinski definition) is 3. The van der Waals surface area contributed by atoms with Crippen molar-refractivity contribution in [3.8, 4) is 0 Å². The number of aromatic nitrogens is 2. The van der Waals surface area contributed by atoms with Crippen LogP contribution >= 0.6 is 11.6 Å². The molecule has 0 unspecified atom stereocenters. The number of nitrogens with zero attached hydrogens (tertiary/aromatic N) is 2. The highest BCUT2D eigenvalue weighted by Crippen LogP contribution is 2.20. The normalized spacial score (nSPS) is 11.5. The molecule has 0 saturated heterocycles. The van der Waals surface area contributed by atoms with E-state index in [4.69, 9.17) is 11.6 Å². The quantitative estimate of drug-likeness (QED) is 0.708. The number of nitrogens with one attached hydrogen (secondary N) is 1. The highest BCUT2D eigenvalue weighted by Gasteiger charge is 2.21. The zero-order valence-electron chi connectivity index (χ0n) is 13.6. The summed E-state index contributed by atoms with van der Waals surface area (Å²) in [6.45, 7) is 2.18. The smallest absolute Gasteiger partial charge is 0.263 e. The molecule has 26 heavy (non-hydrogen) atoms. The third kappa shape index (κ3) is 4.03. The van der Waals surface area contributed by atoms with Crippen LogP contribution in [0.2, 0.25) is 5.02 Å². The lowest BCUT2D eigenvalue weighted by Gasteiger charge is -2.07. The Morgan fingerprint density at radius 1 is 1.12 bits per heavy atom. The minimum atomic E-state index is -4.23. The lowest BCUT2D eigenvalue weighted by molar-refractivity contribution is 0.551. The maximum absolute atomic E-state index is 13.8. The summed E-state index contributed by atoms with van der Waals surface area (Å²) in [7, 11) is -4.23. The number of rotatable bonds is 5. The van der Waals surface area contributed by atoms with Gasteiger partial charge in [-0.2, -0.15) is 5.10 Å². The first-order chi connectivity index (χ1) is 12.2. The maximum atomic E-state index is 13.8. The molecule has 0 aliphatic carbocycles. The molecule has 9 heteroatoms. The molecule has 0 amide bonds. The van der Waals surface area contributed by atoms with Crippen molar-refractivity contribution in [1.29, 1.82) is 0 Å². The third-order valence-electron chi connectivity index (χ3n) is 3.65. The highest BCUT2D eigenvalue weighted by molar-refractivity contribution is 7.92. The van der Waals surface area contributed by atoms with Gasteiger partial charge < -0.3 is 0 Å². The summed E-state index contributed by atoms with van der Waals surface area (Å²) in [5.74, 6) is -1.99. The fourth-order valence-electron chi connectivity index (χ4n) is 2.37. The van der Waals surface area contributed by atoms with Gasteiger partial charge in [-0.25, -0.2) is 17.2 Å². The lowest BCUT2D eigenvalue weighted by atomic mass is 10.2. The molecule has 2 aromatic carbocycles. The molecule has 0 saturated carbocycles. The largest absolute Gasteiger partial charge is 0.266 e. The van der Waals surface area contributed by atoms with Gasteiger partial charge >= 0.3 is 0 Å². The molecule has 136 valence electrons. The summed E-state index contributed by atoms with van der Waals surface area (Å²) >= 11 is 5.85. The van der Waals surface area contributed by atoms with E-state index in [1.807, 2.05) is 12.1 Å². The molecule has 0 aliphatic rings. The Balaban J connectivity index is 1.83. The molecule has 0 bridgehead atoms. The van der Waals surface area contributed by atoms with Gasteiger partial charge in [0.25, 0.3) is 10.0 Å². The minimum absolute atomic E-state index is 0.0418. The summed E-state index contributed by atoms with van der Waals surface area (Å²) in [4.78, 5) is -0.649. The molecule has 1 N–H and O–H groups in total. The van der Waals surface area contributed by atoms with E-state index in [1.165, 1.54) is 6.07 Å². The van der Waals surface area contributed by atoms with Crippen LogP contribution in [-0.2, 0) is 16.6 Å². The van der Waals surface area contributed by atoms with Crippen LogP contribution in [-0.4, -0.2) is 18.2 Å². The average Bonchev–Trinajstić information content (AvgIpc) is 2.87. The van der Waals surface area contributed by atoms with Crippen molar-refractivity contribution in [2.75, 3.05) is 4.72 Å². The predicted molar refractivity (Wildman–Crippen MR) is 94.7 cm³/mol. The van der Waals surface area contributed by atoms with Gasteiger partial charge in [0.15, 0.2) is 5.82 Å². The summed E-state index contributed by atoms with van der Waals surface area (Å²) in [5, 5.41) is 4.79. The first kappa shape index (κ1) is 18.3. The molecule has 3 aromatic rings. The van der Waals surface area contributed by atoms with Gasteiger partial charge in [-0.3, -0.25) is 9.40 Å². The molecule has 3 rings (SSSR count). The van der Waals surface area contributed by atoms with Crippen molar-refractivity contribution in [3.63, 3.8) is 0 Å². The zero-order chi connectivity index (χ0) is 18.9.